The molecule has 0 saturated carbocycles. The molecule has 0 aliphatic rings. The highest BCUT2D eigenvalue weighted by Gasteiger charge is 2.00. The molecule has 2 heteroatoms. The third kappa shape index (κ3) is 3.40. The van der Waals surface area contributed by atoms with Crippen LogP contribution in [0.4, 0.5) is 0 Å². The average molecular weight is 200 g/mol. The van der Waals surface area contributed by atoms with Gasteiger partial charge in [0.25, 0.3) is 0 Å². The maximum Gasteiger partial charge on any atom is 0.162 e. The van der Waals surface area contributed by atoms with Gasteiger partial charge in [-0.25, -0.2) is 0 Å². The molecule has 76 valence electrons. The van der Waals surface area contributed by atoms with Gasteiger partial charge in [0.1, 0.15) is 6.29 Å². The van der Waals surface area contributed by atoms with Crippen molar-refractivity contribution in [3.63, 3.8) is 0 Å². The topological polar surface area (TPSA) is 34.1 Å². The number of ketones is 1. The Kier molecular flexibility index (Phi) is 4.30. The minimum Gasteiger partial charge on any atom is -0.302 e. The van der Waals surface area contributed by atoms with E-state index < -0.39 is 0 Å². The lowest BCUT2D eigenvalue weighted by Crippen LogP contribution is -1.95. The van der Waals surface area contributed by atoms with Gasteiger partial charge in [-0.15, -0.1) is 0 Å². The van der Waals surface area contributed by atoms with Crippen LogP contribution < -0.4 is 0 Å². The summed E-state index contributed by atoms with van der Waals surface area (Å²) in [6, 6.07) is 7.11. The van der Waals surface area contributed by atoms with Crippen LogP contribution in [0.25, 0.3) is 0 Å². The van der Waals surface area contributed by atoms with Crippen molar-refractivity contribution < 1.29 is 9.59 Å². The highest BCUT2D eigenvalue weighted by molar-refractivity contribution is 5.95. The normalized spacial score (nSPS) is 8.87. The lowest BCUT2D eigenvalue weighted by molar-refractivity contribution is -0.107. The van der Waals surface area contributed by atoms with Gasteiger partial charge in [0.05, 0.1) is 6.42 Å². The predicted octanol–water partition coefficient (Wildman–Crippen LogP) is 2.22. The van der Waals surface area contributed by atoms with E-state index in [4.69, 9.17) is 0 Å². The molecule has 0 fully saturated rings. The zero-order valence-corrected chi connectivity index (χ0v) is 8.62. The number of carbonyl (C=O) groups is 2. The summed E-state index contributed by atoms with van der Waals surface area (Å²) >= 11 is 0. The molecule has 0 aliphatic carbocycles. The molecule has 0 atom stereocenters. The summed E-state index contributed by atoms with van der Waals surface area (Å²) < 4.78 is 0. The van der Waals surface area contributed by atoms with Crippen molar-refractivity contribution in [2.24, 2.45) is 0 Å². The standard InChI is InChI=1S/C13H12O2/c1-2-13(15)12-8-6-11(7-9-12)5-3-4-10-14/h6-10H,2,4H2,1H3. The molecule has 0 radical (unpaired) electrons. The lowest BCUT2D eigenvalue weighted by Gasteiger charge is -1.96. The fraction of sp³-hybridized carbons (Fsp3) is 0.231. The molecular weight excluding hydrogens is 188 g/mol. The summed E-state index contributed by atoms with van der Waals surface area (Å²) in [4.78, 5) is 21.3. The van der Waals surface area contributed by atoms with Crippen molar-refractivity contribution in [1.82, 2.24) is 0 Å². The van der Waals surface area contributed by atoms with Crippen molar-refractivity contribution in [2.75, 3.05) is 0 Å². The van der Waals surface area contributed by atoms with Crippen molar-refractivity contribution >= 4 is 12.1 Å². The summed E-state index contributed by atoms with van der Waals surface area (Å²) in [7, 11) is 0. The van der Waals surface area contributed by atoms with E-state index in [9.17, 15) is 9.59 Å². The van der Waals surface area contributed by atoms with Gasteiger partial charge >= 0.3 is 0 Å². The number of aldehydes is 1. The van der Waals surface area contributed by atoms with Crippen LogP contribution in [0.1, 0.15) is 35.7 Å². The van der Waals surface area contributed by atoms with Crippen molar-refractivity contribution in [3.8, 4) is 11.8 Å². The van der Waals surface area contributed by atoms with E-state index in [1.165, 1.54) is 0 Å². The van der Waals surface area contributed by atoms with Gasteiger partial charge in [0, 0.05) is 17.5 Å². The van der Waals surface area contributed by atoms with Gasteiger partial charge in [-0.1, -0.05) is 30.9 Å². The largest absolute Gasteiger partial charge is 0.302 e. The number of rotatable bonds is 3. The van der Waals surface area contributed by atoms with E-state index >= 15 is 0 Å². The zero-order chi connectivity index (χ0) is 11.1. The molecule has 0 aromatic heterocycles. The molecule has 0 saturated heterocycles. The summed E-state index contributed by atoms with van der Waals surface area (Å²) in [5.74, 6) is 5.68. The molecule has 0 spiro atoms. The van der Waals surface area contributed by atoms with Crippen molar-refractivity contribution in [3.05, 3.63) is 35.4 Å². The van der Waals surface area contributed by atoms with Gasteiger partial charge < -0.3 is 4.79 Å². The lowest BCUT2D eigenvalue weighted by atomic mass is 10.1. The molecule has 0 bridgehead atoms. The van der Waals surface area contributed by atoms with Gasteiger partial charge in [-0.05, 0) is 12.1 Å². The van der Waals surface area contributed by atoms with E-state index in [2.05, 4.69) is 11.8 Å². The summed E-state index contributed by atoms with van der Waals surface area (Å²) in [5.41, 5.74) is 1.53. The fourth-order valence-electron chi connectivity index (χ4n) is 1.14. The van der Waals surface area contributed by atoms with E-state index in [0.717, 1.165) is 11.8 Å². The Morgan fingerprint density at radius 1 is 1.33 bits per heavy atom. The van der Waals surface area contributed by atoms with Crippen LogP contribution in [-0.4, -0.2) is 12.1 Å². The van der Waals surface area contributed by atoms with Crippen LogP contribution in [0.3, 0.4) is 0 Å². The van der Waals surface area contributed by atoms with Crippen molar-refractivity contribution in [1.29, 1.82) is 0 Å². The van der Waals surface area contributed by atoms with Crippen LogP contribution in [0.2, 0.25) is 0 Å². The highest BCUT2D eigenvalue weighted by Crippen LogP contribution is 2.05. The summed E-state index contributed by atoms with van der Waals surface area (Å²) in [5, 5.41) is 0. The highest BCUT2D eigenvalue weighted by atomic mass is 16.1. The van der Waals surface area contributed by atoms with E-state index in [1.807, 2.05) is 6.92 Å². The number of hydrogen-bond donors (Lipinski definition) is 0. The molecule has 0 amide bonds. The first-order valence-corrected chi connectivity index (χ1v) is 4.83. The second-order valence-corrected chi connectivity index (χ2v) is 3.03. The van der Waals surface area contributed by atoms with E-state index in [0.29, 0.717) is 12.0 Å². The molecule has 0 N–H and O–H groups in total. The fourth-order valence-corrected chi connectivity index (χ4v) is 1.14. The molecule has 0 heterocycles. The first kappa shape index (κ1) is 11.2. The van der Waals surface area contributed by atoms with Crippen LogP contribution >= 0.6 is 0 Å². The molecule has 1 rings (SSSR count). The van der Waals surface area contributed by atoms with Crippen LogP contribution in [0.5, 0.6) is 0 Å². The maximum atomic E-state index is 11.3. The first-order valence-electron chi connectivity index (χ1n) is 4.83. The molecule has 1 aromatic carbocycles. The molecule has 1 aromatic rings. The second-order valence-electron chi connectivity index (χ2n) is 3.03. The van der Waals surface area contributed by atoms with Crippen LogP contribution in [-0.2, 0) is 4.79 Å². The van der Waals surface area contributed by atoms with E-state index in [-0.39, 0.29) is 12.2 Å². The van der Waals surface area contributed by atoms with Crippen LogP contribution in [0, 0.1) is 11.8 Å². The Bertz CT molecular complexity index is 404. The summed E-state index contributed by atoms with van der Waals surface area (Å²) in [6.45, 7) is 1.83. The smallest absolute Gasteiger partial charge is 0.162 e. The Labute approximate surface area is 89.3 Å². The van der Waals surface area contributed by atoms with Crippen LogP contribution in [0.15, 0.2) is 24.3 Å². The minimum absolute atomic E-state index is 0.127. The Morgan fingerprint density at radius 3 is 2.53 bits per heavy atom. The number of hydrogen-bond acceptors (Lipinski definition) is 2. The van der Waals surface area contributed by atoms with Gasteiger partial charge in [0.2, 0.25) is 0 Å². The minimum atomic E-state index is 0.127. The SMILES string of the molecule is CCC(=O)c1ccc(C#CCC=O)cc1. The quantitative estimate of drug-likeness (QED) is 0.426. The third-order valence-corrected chi connectivity index (χ3v) is 1.95. The number of carbonyl (C=O) groups excluding carboxylic acids is 2. The Morgan fingerprint density at radius 2 is 2.00 bits per heavy atom. The van der Waals surface area contributed by atoms with Gasteiger partial charge in [-0.2, -0.15) is 0 Å². The van der Waals surface area contributed by atoms with Crippen molar-refractivity contribution in [2.45, 2.75) is 19.8 Å². The number of benzene rings is 1. The Balaban J connectivity index is 2.77. The molecular formula is C13H12O2. The first-order chi connectivity index (χ1) is 7.27. The van der Waals surface area contributed by atoms with Gasteiger partial charge in [0.15, 0.2) is 5.78 Å². The maximum absolute atomic E-state index is 11.3. The Hall–Kier alpha value is -1.88. The average Bonchev–Trinajstić information content (AvgIpc) is 2.29. The molecule has 15 heavy (non-hydrogen) atoms. The van der Waals surface area contributed by atoms with Gasteiger partial charge in [-0.3, -0.25) is 4.79 Å². The second kappa shape index (κ2) is 5.77. The third-order valence-electron chi connectivity index (χ3n) is 1.95. The predicted molar refractivity (Wildman–Crippen MR) is 58.6 cm³/mol. The monoisotopic (exact) mass is 200 g/mol. The summed E-state index contributed by atoms with van der Waals surface area (Å²) in [6.07, 6.45) is 1.52. The van der Waals surface area contributed by atoms with E-state index in [1.54, 1.807) is 24.3 Å². The number of Topliss-reactive ketones (excluding diaryl/α,β-unsaturated/α-hetero) is 1. The zero-order valence-electron chi connectivity index (χ0n) is 8.62. The molecule has 0 unspecified atom stereocenters. The molecule has 2 nitrogen and oxygen atoms in total. The molecule has 0 aliphatic heterocycles.